The highest BCUT2D eigenvalue weighted by atomic mass is 16.3. The molecule has 4 nitrogen and oxygen atoms in total. The Balaban J connectivity index is 2.24. The maximum Gasteiger partial charge on any atom is 0.244 e. The quantitative estimate of drug-likeness (QED) is 0.733. The summed E-state index contributed by atoms with van der Waals surface area (Å²) in [5.74, 6) is 0.575. The molecule has 0 atom stereocenters. The Morgan fingerprint density at radius 1 is 1.60 bits per heavy atom. The predicted molar refractivity (Wildman–Crippen MR) is 59.3 cm³/mol. The van der Waals surface area contributed by atoms with Gasteiger partial charge in [0, 0.05) is 19.2 Å². The van der Waals surface area contributed by atoms with Crippen LogP contribution in [0.4, 0.5) is 0 Å². The normalized spacial score (nSPS) is 11.1. The van der Waals surface area contributed by atoms with Crippen molar-refractivity contribution in [1.82, 2.24) is 10.2 Å². The van der Waals surface area contributed by atoms with E-state index >= 15 is 0 Å². The lowest BCUT2D eigenvalue weighted by Crippen LogP contribution is -2.30. The van der Waals surface area contributed by atoms with Crippen LogP contribution >= 0.6 is 0 Å². The summed E-state index contributed by atoms with van der Waals surface area (Å²) in [5.41, 5.74) is 0. The lowest BCUT2D eigenvalue weighted by Gasteiger charge is -2.08. The van der Waals surface area contributed by atoms with E-state index in [-0.39, 0.29) is 5.91 Å². The number of hydrogen-bond acceptors (Lipinski definition) is 3. The van der Waals surface area contributed by atoms with Crippen molar-refractivity contribution in [3.63, 3.8) is 0 Å². The molecule has 15 heavy (non-hydrogen) atoms. The van der Waals surface area contributed by atoms with Crippen LogP contribution in [0.5, 0.6) is 0 Å². The van der Waals surface area contributed by atoms with Gasteiger partial charge in [-0.2, -0.15) is 0 Å². The number of rotatable bonds is 5. The Morgan fingerprint density at radius 3 is 3.00 bits per heavy atom. The van der Waals surface area contributed by atoms with Crippen LogP contribution in [-0.4, -0.2) is 38.0 Å². The minimum absolute atomic E-state index is 0.103. The maximum atomic E-state index is 11.3. The maximum absolute atomic E-state index is 11.3. The Kier molecular flexibility index (Phi) is 4.63. The van der Waals surface area contributed by atoms with Gasteiger partial charge in [-0.25, -0.2) is 0 Å². The van der Waals surface area contributed by atoms with Gasteiger partial charge in [0.2, 0.25) is 5.91 Å². The fourth-order valence-electron chi connectivity index (χ4n) is 1.01. The van der Waals surface area contributed by atoms with Gasteiger partial charge in [-0.3, -0.25) is 4.79 Å². The number of nitrogens with zero attached hydrogens (tertiary/aromatic N) is 1. The molecule has 1 amide bonds. The van der Waals surface area contributed by atoms with Crippen molar-refractivity contribution in [3.05, 3.63) is 30.2 Å². The molecule has 0 radical (unpaired) electrons. The standard InChI is InChI=1S/C11H16N2O2/c1-13(2)8-7-12-11(14)6-5-10-4-3-9-15-10/h3-6,9H,7-8H2,1-2H3,(H,12,14)/b6-5+. The van der Waals surface area contributed by atoms with E-state index in [0.29, 0.717) is 12.3 Å². The van der Waals surface area contributed by atoms with Gasteiger partial charge in [0.05, 0.1) is 6.26 Å². The largest absolute Gasteiger partial charge is 0.465 e. The highest BCUT2D eigenvalue weighted by molar-refractivity contribution is 5.91. The molecule has 0 unspecified atom stereocenters. The molecule has 0 spiro atoms. The van der Waals surface area contributed by atoms with Crippen LogP contribution in [0, 0.1) is 0 Å². The summed E-state index contributed by atoms with van der Waals surface area (Å²) in [6.45, 7) is 1.48. The van der Waals surface area contributed by atoms with Crippen molar-refractivity contribution in [2.75, 3.05) is 27.2 Å². The number of carbonyl (C=O) groups excluding carboxylic acids is 1. The van der Waals surface area contributed by atoms with Crippen molar-refractivity contribution in [3.8, 4) is 0 Å². The molecule has 0 aliphatic rings. The third kappa shape index (κ3) is 5.02. The molecule has 0 aromatic carbocycles. The SMILES string of the molecule is CN(C)CCNC(=O)/C=C/c1ccco1. The van der Waals surface area contributed by atoms with Gasteiger partial charge in [0.25, 0.3) is 0 Å². The molecule has 0 aliphatic heterocycles. The molecular formula is C11H16N2O2. The van der Waals surface area contributed by atoms with Gasteiger partial charge in [-0.1, -0.05) is 0 Å². The minimum Gasteiger partial charge on any atom is -0.465 e. The Bertz CT molecular complexity index is 315. The highest BCUT2D eigenvalue weighted by Gasteiger charge is 1.95. The van der Waals surface area contributed by atoms with Crippen molar-refractivity contribution >= 4 is 12.0 Å². The number of nitrogens with one attached hydrogen (secondary N) is 1. The zero-order chi connectivity index (χ0) is 11.1. The summed E-state index contributed by atoms with van der Waals surface area (Å²) >= 11 is 0. The lowest BCUT2D eigenvalue weighted by atomic mass is 10.4. The van der Waals surface area contributed by atoms with Crippen molar-refractivity contribution < 1.29 is 9.21 Å². The first-order valence-electron chi connectivity index (χ1n) is 4.82. The second kappa shape index (κ2) is 6.03. The molecule has 0 fully saturated rings. The van der Waals surface area contributed by atoms with E-state index in [4.69, 9.17) is 4.42 Å². The Labute approximate surface area is 89.6 Å². The average Bonchev–Trinajstić information content (AvgIpc) is 2.66. The summed E-state index contributed by atoms with van der Waals surface area (Å²) in [6.07, 6.45) is 4.68. The second-order valence-electron chi connectivity index (χ2n) is 3.44. The lowest BCUT2D eigenvalue weighted by molar-refractivity contribution is -0.116. The van der Waals surface area contributed by atoms with Crippen LogP contribution in [0.25, 0.3) is 6.08 Å². The van der Waals surface area contributed by atoms with Crippen molar-refractivity contribution in [1.29, 1.82) is 0 Å². The molecule has 0 saturated heterocycles. The van der Waals surface area contributed by atoms with Gasteiger partial charge in [-0.15, -0.1) is 0 Å². The van der Waals surface area contributed by atoms with Crippen LogP contribution in [0.15, 0.2) is 28.9 Å². The van der Waals surface area contributed by atoms with Crippen LogP contribution in [0.2, 0.25) is 0 Å². The molecule has 4 heteroatoms. The number of carbonyl (C=O) groups is 1. The van der Waals surface area contributed by atoms with Crippen LogP contribution in [-0.2, 0) is 4.79 Å². The topological polar surface area (TPSA) is 45.5 Å². The molecule has 82 valence electrons. The molecule has 1 aromatic rings. The van der Waals surface area contributed by atoms with E-state index in [9.17, 15) is 4.79 Å². The summed E-state index contributed by atoms with van der Waals surface area (Å²) in [6, 6.07) is 3.58. The smallest absolute Gasteiger partial charge is 0.244 e. The summed E-state index contributed by atoms with van der Waals surface area (Å²) in [7, 11) is 3.93. The van der Waals surface area contributed by atoms with E-state index in [1.54, 1.807) is 24.5 Å². The van der Waals surface area contributed by atoms with Gasteiger partial charge in [0.1, 0.15) is 5.76 Å². The molecule has 0 aliphatic carbocycles. The summed E-state index contributed by atoms with van der Waals surface area (Å²) in [4.78, 5) is 13.3. The Hall–Kier alpha value is -1.55. The third-order valence-corrected chi connectivity index (χ3v) is 1.80. The zero-order valence-corrected chi connectivity index (χ0v) is 9.06. The van der Waals surface area contributed by atoms with Gasteiger partial charge in [-0.05, 0) is 32.3 Å². The zero-order valence-electron chi connectivity index (χ0n) is 9.06. The molecule has 1 aromatic heterocycles. The number of hydrogen-bond donors (Lipinski definition) is 1. The molecule has 0 saturated carbocycles. The van der Waals surface area contributed by atoms with Crippen molar-refractivity contribution in [2.24, 2.45) is 0 Å². The minimum atomic E-state index is -0.103. The first-order valence-corrected chi connectivity index (χ1v) is 4.82. The number of furan rings is 1. The van der Waals surface area contributed by atoms with Gasteiger partial charge < -0.3 is 14.6 Å². The average molecular weight is 208 g/mol. The fourth-order valence-corrected chi connectivity index (χ4v) is 1.01. The summed E-state index contributed by atoms with van der Waals surface area (Å²) in [5, 5.41) is 2.77. The van der Waals surface area contributed by atoms with Gasteiger partial charge in [0.15, 0.2) is 0 Å². The molecule has 1 N–H and O–H groups in total. The van der Waals surface area contributed by atoms with Crippen LogP contribution in [0.1, 0.15) is 5.76 Å². The van der Waals surface area contributed by atoms with E-state index in [1.165, 1.54) is 6.08 Å². The van der Waals surface area contributed by atoms with Crippen LogP contribution < -0.4 is 5.32 Å². The number of amides is 1. The van der Waals surface area contributed by atoms with E-state index < -0.39 is 0 Å². The fraction of sp³-hybridized carbons (Fsp3) is 0.364. The van der Waals surface area contributed by atoms with Gasteiger partial charge >= 0.3 is 0 Å². The Morgan fingerprint density at radius 2 is 2.40 bits per heavy atom. The second-order valence-corrected chi connectivity index (χ2v) is 3.44. The van der Waals surface area contributed by atoms with E-state index in [0.717, 1.165) is 6.54 Å². The van der Waals surface area contributed by atoms with E-state index in [1.807, 2.05) is 19.0 Å². The highest BCUT2D eigenvalue weighted by Crippen LogP contribution is 2.01. The first kappa shape index (κ1) is 11.5. The predicted octanol–water partition coefficient (Wildman–Crippen LogP) is 0.971. The number of likely N-dealkylation sites (N-methyl/N-ethyl adjacent to an activating group) is 1. The molecule has 1 rings (SSSR count). The van der Waals surface area contributed by atoms with E-state index in [2.05, 4.69) is 5.32 Å². The third-order valence-electron chi connectivity index (χ3n) is 1.80. The van der Waals surface area contributed by atoms with Crippen molar-refractivity contribution in [2.45, 2.75) is 0 Å². The molecular weight excluding hydrogens is 192 g/mol. The molecule has 1 heterocycles. The molecule has 0 bridgehead atoms. The summed E-state index contributed by atoms with van der Waals surface area (Å²) < 4.78 is 5.05. The monoisotopic (exact) mass is 208 g/mol. The van der Waals surface area contributed by atoms with Crippen LogP contribution in [0.3, 0.4) is 0 Å². The first-order chi connectivity index (χ1) is 7.18.